The van der Waals surface area contributed by atoms with Crippen molar-refractivity contribution in [3.8, 4) is 11.5 Å². The van der Waals surface area contributed by atoms with E-state index >= 15 is 0 Å². The Morgan fingerprint density at radius 3 is 2.43 bits per heavy atom. The number of nitrogens with two attached hydrogens (primary N) is 1. The van der Waals surface area contributed by atoms with Crippen LogP contribution in [0.15, 0.2) is 47.6 Å². The lowest BCUT2D eigenvalue weighted by molar-refractivity contribution is -0.132. The van der Waals surface area contributed by atoms with Crippen LogP contribution in [0.1, 0.15) is 36.9 Å². The van der Waals surface area contributed by atoms with Gasteiger partial charge in [-0.05, 0) is 42.2 Å². The number of methoxy groups -OCH3 is 2. The molecule has 1 aliphatic heterocycles. The van der Waals surface area contributed by atoms with E-state index in [1.54, 1.807) is 25.5 Å². The van der Waals surface area contributed by atoms with Crippen LogP contribution in [0.2, 0.25) is 0 Å². The number of carbonyl (C=O) groups excluding carboxylic acids is 1. The summed E-state index contributed by atoms with van der Waals surface area (Å²) < 4.78 is 10.9. The van der Waals surface area contributed by atoms with Gasteiger partial charge in [0.1, 0.15) is 11.5 Å². The van der Waals surface area contributed by atoms with Crippen LogP contribution in [0.5, 0.6) is 11.5 Å². The summed E-state index contributed by atoms with van der Waals surface area (Å²) in [6, 6.07) is 12.9. The molecule has 0 spiro atoms. The summed E-state index contributed by atoms with van der Waals surface area (Å²) in [5.41, 5.74) is 9.15. The molecular weight excluding hydrogens is 374 g/mol. The molecule has 1 atom stereocenters. The summed E-state index contributed by atoms with van der Waals surface area (Å²) in [5.74, 6) is 1.38. The number of benzene rings is 2. The van der Waals surface area contributed by atoms with Gasteiger partial charge in [0.15, 0.2) is 0 Å². The summed E-state index contributed by atoms with van der Waals surface area (Å²) in [7, 11) is 3.24. The number of thiol groups is 1. The summed E-state index contributed by atoms with van der Waals surface area (Å²) in [6.45, 7) is 1.83. The Balaban J connectivity index is 0.00000136. The third kappa shape index (κ3) is 4.59. The fourth-order valence-electron chi connectivity index (χ4n) is 3.09. The van der Waals surface area contributed by atoms with E-state index in [1.807, 2.05) is 49.4 Å². The number of hydrogen-bond donors (Lipinski definition) is 2. The topological polar surface area (TPSA) is 77.2 Å². The largest absolute Gasteiger partial charge is 0.497 e. The van der Waals surface area contributed by atoms with E-state index in [0.29, 0.717) is 30.0 Å². The molecule has 0 aromatic heterocycles. The number of hydrazone groups is 1. The van der Waals surface area contributed by atoms with Crippen LogP contribution in [0.3, 0.4) is 0 Å². The van der Waals surface area contributed by atoms with E-state index in [1.165, 1.54) is 0 Å². The second kappa shape index (κ2) is 10.0. The first-order chi connectivity index (χ1) is 13.6. The third-order valence-corrected chi connectivity index (χ3v) is 4.51. The average molecular weight is 402 g/mol. The van der Waals surface area contributed by atoms with E-state index in [-0.39, 0.29) is 11.9 Å². The SMILES string of the molecule is CCC(=O)N1N=C(c2ccc(N)cc2)CC1c1cc(OC)ccc1OC.CS. The van der Waals surface area contributed by atoms with Crippen molar-refractivity contribution in [3.05, 3.63) is 53.6 Å². The van der Waals surface area contributed by atoms with E-state index in [4.69, 9.17) is 15.2 Å². The van der Waals surface area contributed by atoms with E-state index < -0.39 is 0 Å². The van der Waals surface area contributed by atoms with Crippen molar-refractivity contribution in [2.24, 2.45) is 5.10 Å². The summed E-state index contributed by atoms with van der Waals surface area (Å²) in [5, 5.41) is 6.17. The molecule has 1 aliphatic rings. The molecule has 2 N–H and O–H groups in total. The molecule has 150 valence electrons. The third-order valence-electron chi connectivity index (χ3n) is 4.51. The number of anilines is 1. The van der Waals surface area contributed by atoms with Crippen LogP contribution in [0, 0.1) is 0 Å². The summed E-state index contributed by atoms with van der Waals surface area (Å²) >= 11 is 3.53. The van der Waals surface area contributed by atoms with Crippen LogP contribution in [0.25, 0.3) is 0 Å². The van der Waals surface area contributed by atoms with Crippen molar-refractivity contribution in [2.75, 3.05) is 26.2 Å². The minimum Gasteiger partial charge on any atom is -0.497 e. The number of amides is 1. The average Bonchev–Trinajstić information content (AvgIpc) is 3.19. The molecule has 1 unspecified atom stereocenters. The maximum Gasteiger partial charge on any atom is 0.242 e. The predicted octanol–water partition coefficient (Wildman–Crippen LogP) is 3.92. The highest BCUT2D eigenvalue weighted by Gasteiger charge is 2.34. The first-order valence-electron chi connectivity index (χ1n) is 8.99. The molecule has 0 saturated carbocycles. The van der Waals surface area contributed by atoms with Crippen LogP contribution < -0.4 is 15.2 Å². The highest BCUT2D eigenvalue weighted by Crippen LogP contribution is 2.39. The highest BCUT2D eigenvalue weighted by molar-refractivity contribution is 7.79. The van der Waals surface area contributed by atoms with Crippen molar-refractivity contribution in [1.29, 1.82) is 0 Å². The number of nitrogens with zero attached hydrogens (tertiary/aromatic N) is 2. The fourth-order valence-corrected chi connectivity index (χ4v) is 3.09. The van der Waals surface area contributed by atoms with Crippen LogP contribution >= 0.6 is 12.6 Å². The summed E-state index contributed by atoms with van der Waals surface area (Å²) in [4.78, 5) is 12.5. The molecule has 0 fully saturated rings. The Hall–Kier alpha value is -2.67. The monoisotopic (exact) mass is 401 g/mol. The van der Waals surface area contributed by atoms with Crippen molar-refractivity contribution in [2.45, 2.75) is 25.8 Å². The van der Waals surface area contributed by atoms with E-state index in [2.05, 4.69) is 17.7 Å². The normalized spacial score (nSPS) is 15.4. The zero-order valence-electron chi connectivity index (χ0n) is 16.7. The summed E-state index contributed by atoms with van der Waals surface area (Å²) in [6.07, 6.45) is 2.67. The van der Waals surface area contributed by atoms with Crippen LogP contribution in [-0.4, -0.2) is 37.1 Å². The number of nitrogen functional groups attached to an aromatic ring is 1. The van der Waals surface area contributed by atoms with Gasteiger partial charge < -0.3 is 15.2 Å². The van der Waals surface area contributed by atoms with Gasteiger partial charge in [0.25, 0.3) is 0 Å². The highest BCUT2D eigenvalue weighted by atomic mass is 32.1. The molecule has 7 heteroatoms. The minimum absolute atomic E-state index is 0.0367. The molecule has 0 radical (unpaired) electrons. The Labute approximate surface area is 171 Å². The van der Waals surface area contributed by atoms with E-state index in [0.717, 1.165) is 16.8 Å². The Kier molecular flexibility index (Phi) is 7.75. The quantitative estimate of drug-likeness (QED) is 0.588. The first-order valence-corrected chi connectivity index (χ1v) is 9.89. The zero-order chi connectivity index (χ0) is 20.7. The molecule has 1 heterocycles. The molecule has 0 bridgehead atoms. The van der Waals surface area contributed by atoms with Gasteiger partial charge in [-0.1, -0.05) is 19.1 Å². The molecule has 2 aromatic carbocycles. The maximum atomic E-state index is 12.5. The van der Waals surface area contributed by atoms with Crippen molar-refractivity contribution >= 4 is 29.9 Å². The van der Waals surface area contributed by atoms with Gasteiger partial charge >= 0.3 is 0 Å². The Morgan fingerprint density at radius 1 is 1.18 bits per heavy atom. The molecule has 1 amide bonds. The minimum atomic E-state index is -0.236. The number of carbonyl (C=O) groups is 1. The molecule has 0 aliphatic carbocycles. The van der Waals surface area contributed by atoms with E-state index in [9.17, 15) is 4.79 Å². The number of hydrogen-bond acceptors (Lipinski definition) is 6. The van der Waals surface area contributed by atoms with Gasteiger partial charge in [0.05, 0.1) is 26.0 Å². The van der Waals surface area contributed by atoms with Gasteiger partial charge in [-0.2, -0.15) is 17.7 Å². The molecule has 2 aromatic rings. The second-order valence-corrected chi connectivity index (χ2v) is 6.09. The Morgan fingerprint density at radius 2 is 1.86 bits per heavy atom. The number of rotatable bonds is 5. The smallest absolute Gasteiger partial charge is 0.242 e. The van der Waals surface area contributed by atoms with Gasteiger partial charge in [-0.3, -0.25) is 4.79 Å². The van der Waals surface area contributed by atoms with Gasteiger partial charge in [0, 0.05) is 24.1 Å². The van der Waals surface area contributed by atoms with Crippen molar-refractivity contribution < 1.29 is 14.3 Å². The molecule has 6 nitrogen and oxygen atoms in total. The first kappa shape index (κ1) is 21.6. The predicted molar refractivity (Wildman–Crippen MR) is 116 cm³/mol. The standard InChI is InChI=1S/C20H23N3O3.CH4S/c1-4-20(24)23-18(16-11-15(25-2)9-10-19(16)26-3)12-17(22-23)13-5-7-14(21)8-6-13;1-2/h5-11,18H,4,12,21H2,1-3H3;2H,1H3. The van der Waals surface area contributed by atoms with Crippen LogP contribution in [0.4, 0.5) is 5.69 Å². The van der Waals surface area contributed by atoms with Crippen molar-refractivity contribution in [1.82, 2.24) is 5.01 Å². The molecule has 28 heavy (non-hydrogen) atoms. The number of ether oxygens (including phenoxy) is 2. The fraction of sp³-hybridized carbons (Fsp3) is 0.333. The lowest BCUT2D eigenvalue weighted by atomic mass is 9.97. The molecule has 3 rings (SSSR count). The molecule has 0 saturated heterocycles. The maximum absolute atomic E-state index is 12.5. The van der Waals surface area contributed by atoms with Gasteiger partial charge in [-0.15, -0.1) is 0 Å². The van der Waals surface area contributed by atoms with Crippen molar-refractivity contribution in [3.63, 3.8) is 0 Å². The lowest BCUT2D eigenvalue weighted by Gasteiger charge is -2.23. The van der Waals surface area contributed by atoms with Crippen LogP contribution in [-0.2, 0) is 4.79 Å². The lowest BCUT2D eigenvalue weighted by Crippen LogP contribution is -2.26. The second-order valence-electron chi connectivity index (χ2n) is 6.09. The van der Waals surface area contributed by atoms with Gasteiger partial charge in [-0.25, -0.2) is 5.01 Å². The Bertz CT molecular complexity index is 837. The van der Waals surface area contributed by atoms with Gasteiger partial charge in [0.2, 0.25) is 5.91 Å². The molecular formula is C21H27N3O3S. The zero-order valence-corrected chi connectivity index (χ0v) is 17.6.